The standard InChI is InChI=1S/C20H21ClN6O3S/c1-3-26-18(11-22-15-6-4-5-14(21)10-15)24-25-20(26)31-12-19(28)23-17-8-7-16(27(29)30)9-13(17)2/h4-10,22H,3,11-12H2,1-2H3,(H,23,28). The summed E-state index contributed by atoms with van der Waals surface area (Å²) < 4.78 is 1.94. The van der Waals surface area contributed by atoms with E-state index in [9.17, 15) is 14.9 Å². The minimum absolute atomic E-state index is 0.0140. The van der Waals surface area contributed by atoms with E-state index in [2.05, 4.69) is 20.8 Å². The van der Waals surface area contributed by atoms with Crippen molar-refractivity contribution in [3.05, 3.63) is 69.0 Å². The summed E-state index contributed by atoms with van der Waals surface area (Å²) in [7, 11) is 0. The number of nitro groups is 1. The van der Waals surface area contributed by atoms with Crippen LogP contribution in [0.2, 0.25) is 5.02 Å². The predicted octanol–water partition coefficient (Wildman–Crippen LogP) is 4.51. The number of hydrogen-bond donors (Lipinski definition) is 2. The molecular formula is C20H21ClN6O3S. The molecule has 162 valence electrons. The molecule has 1 heterocycles. The molecule has 0 unspecified atom stereocenters. The van der Waals surface area contributed by atoms with Gasteiger partial charge in [-0.15, -0.1) is 10.2 Å². The van der Waals surface area contributed by atoms with E-state index in [1.54, 1.807) is 13.0 Å². The third kappa shape index (κ3) is 5.96. The average Bonchev–Trinajstić information content (AvgIpc) is 3.14. The first-order chi connectivity index (χ1) is 14.9. The van der Waals surface area contributed by atoms with Crippen LogP contribution in [-0.2, 0) is 17.9 Å². The smallest absolute Gasteiger partial charge is 0.269 e. The first kappa shape index (κ1) is 22.6. The van der Waals surface area contributed by atoms with Crippen LogP contribution >= 0.6 is 23.4 Å². The van der Waals surface area contributed by atoms with E-state index < -0.39 is 4.92 Å². The number of aromatic nitrogens is 3. The number of hydrogen-bond acceptors (Lipinski definition) is 7. The summed E-state index contributed by atoms with van der Waals surface area (Å²) in [5, 5.41) is 26.6. The maximum atomic E-state index is 12.4. The van der Waals surface area contributed by atoms with Crippen LogP contribution in [0.4, 0.5) is 17.1 Å². The Morgan fingerprint density at radius 1 is 1.26 bits per heavy atom. The summed E-state index contributed by atoms with van der Waals surface area (Å²) in [5.74, 6) is 0.652. The van der Waals surface area contributed by atoms with Crippen molar-refractivity contribution < 1.29 is 9.72 Å². The fraction of sp³-hybridized carbons (Fsp3) is 0.250. The highest BCUT2D eigenvalue weighted by Crippen LogP contribution is 2.23. The lowest BCUT2D eigenvalue weighted by Gasteiger charge is -2.10. The number of amides is 1. The van der Waals surface area contributed by atoms with Crippen molar-refractivity contribution in [2.24, 2.45) is 0 Å². The van der Waals surface area contributed by atoms with E-state index in [4.69, 9.17) is 11.6 Å². The first-order valence-electron chi connectivity index (χ1n) is 9.46. The van der Waals surface area contributed by atoms with E-state index in [1.807, 2.05) is 29.7 Å². The van der Waals surface area contributed by atoms with Gasteiger partial charge in [0, 0.05) is 35.1 Å². The predicted molar refractivity (Wildman–Crippen MR) is 122 cm³/mol. The minimum atomic E-state index is -0.467. The molecule has 11 heteroatoms. The number of aryl methyl sites for hydroxylation is 1. The third-order valence-electron chi connectivity index (χ3n) is 4.41. The molecule has 0 aliphatic rings. The molecule has 0 aliphatic carbocycles. The maximum absolute atomic E-state index is 12.4. The molecule has 0 spiro atoms. The first-order valence-corrected chi connectivity index (χ1v) is 10.8. The van der Waals surface area contributed by atoms with Gasteiger partial charge in [0.05, 0.1) is 17.2 Å². The lowest BCUT2D eigenvalue weighted by atomic mass is 10.2. The van der Waals surface area contributed by atoms with Gasteiger partial charge in [-0.25, -0.2) is 0 Å². The molecular weight excluding hydrogens is 440 g/mol. The Morgan fingerprint density at radius 2 is 2.06 bits per heavy atom. The fourth-order valence-corrected chi connectivity index (χ4v) is 3.88. The van der Waals surface area contributed by atoms with Gasteiger partial charge < -0.3 is 15.2 Å². The molecule has 0 radical (unpaired) electrons. The molecule has 0 saturated carbocycles. The molecule has 0 bridgehead atoms. The zero-order valence-corrected chi connectivity index (χ0v) is 18.5. The summed E-state index contributed by atoms with van der Waals surface area (Å²) in [4.78, 5) is 22.7. The second-order valence-corrected chi connectivity index (χ2v) is 7.98. The highest BCUT2D eigenvalue weighted by atomic mass is 35.5. The molecule has 3 aromatic rings. The molecule has 9 nitrogen and oxygen atoms in total. The van der Waals surface area contributed by atoms with Gasteiger partial charge in [-0.1, -0.05) is 29.4 Å². The van der Waals surface area contributed by atoms with Gasteiger partial charge in [0.15, 0.2) is 11.0 Å². The Morgan fingerprint density at radius 3 is 2.74 bits per heavy atom. The highest BCUT2D eigenvalue weighted by molar-refractivity contribution is 7.99. The zero-order valence-electron chi connectivity index (χ0n) is 17.0. The topological polar surface area (TPSA) is 115 Å². The van der Waals surface area contributed by atoms with E-state index in [0.717, 1.165) is 11.5 Å². The molecule has 2 aromatic carbocycles. The second kappa shape index (κ2) is 10.3. The van der Waals surface area contributed by atoms with Gasteiger partial charge in [-0.3, -0.25) is 14.9 Å². The highest BCUT2D eigenvalue weighted by Gasteiger charge is 2.15. The lowest BCUT2D eigenvalue weighted by Crippen LogP contribution is -2.15. The van der Waals surface area contributed by atoms with Crippen molar-refractivity contribution >= 4 is 46.3 Å². The summed E-state index contributed by atoms with van der Waals surface area (Å²) in [6.07, 6.45) is 0. The van der Waals surface area contributed by atoms with E-state index >= 15 is 0 Å². The quantitative estimate of drug-likeness (QED) is 0.274. The van der Waals surface area contributed by atoms with Crippen LogP contribution in [0, 0.1) is 17.0 Å². The number of nitrogens with zero attached hydrogens (tertiary/aromatic N) is 4. The van der Waals surface area contributed by atoms with E-state index in [0.29, 0.717) is 34.5 Å². The van der Waals surface area contributed by atoms with Crippen LogP contribution in [0.5, 0.6) is 0 Å². The molecule has 1 amide bonds. The Labute approximate surface area is 188 Å². The average molecular weight is 461 g/mol. The van der Waals surface area contributed by atoms with Crippen molar-refractivity contribution in [3.8, 4) is 0 Å². The van der Waals surface area contributed by atoms with Gasteiger partial charge in [-0.2, -0.15) is 0 Å². The van der Waals surface area contributed by atoms with Crippen LogP contribution < -0.4 is 10.6 Å². The lowest BCUT2D eigenvalue weighted by molar-refractivity contribution is -0.384. The Bertz CT molecular complexity index is 1100. The Balaban J connectivity index is 1.59. The van der Waals surface area contributed by atoms with Crippen LogP contribution in [0.15, 0.2) is 47.6 Å². The molecule has 3 rings (SSSR count). The summed E-state index contributed by atoms with van der Waals surface area (Å²) in [5.41, 5.74) is 2.03. The second-order valence-electron chi connectivity index (χ2n) is 6.60. The molecule has 0 aliphatic heterocycles. The van der Waals surface area contributed by atoms with Gasteiger partial charge >= 0.3 is 0 Å². The number of non-ortho nitro benzene ring substituents is 1. The van der Waals surface area contributed by atoms with Crippen LogP contribution in [0.3, 0.4) is 0 Å². The van der Waals surface area contributed by atoms with Crippen molar-refractivity contribution in [3.63, 3.8) is 0 Å². The summed E-state index contributed by atoms with van der Waals surface area (Å²) in [6.45, 7) is 4.82. The largest absolute Gasteiger partial charge is 0.378 e. The number of benzene rings is 2. The number of anilines is 2. The number of halogens is 1. The van der Waals surface area contributed by atoms with Gasteiger partial charge in [0.1, 0.15) is 0 Å². The number of nitro benzene ring substituents is 1. The SMILES string of the molecule is CCn1c(CNc2cccc(Cl)c2)nnc1SCC(=O)Nc1ccc([N+](=O)[O-])cc1C. The maximum Gasteiger partial charge on any atom is 0.269 e. The molecule has 2 N–H and O–H groups in total. The fourth-order valence-electron chi connectivity index (χ4n) is 2.87. The summed E-state index contributed by atoms with van der Waals surface area (Å²) >= 11 is 7.28. The molecule has 0 saturated heterocycles. The van der Waals surface area contributed by atoms with Crippen molar-refractivity contribution in [1.82, 2.24) is 14.8 Å². The van der Waals surface area contributed by atoms with Gasteiger partial charge in [0.2, 0.25) is 5.91 Å². The Hall–Kier alpha value is -3.11. The minimum Gasteiger partial charge on any atom is -0.378 e. The van der Waals surface area contributed by atoms with E-state index in [1.165, 1.54) is 30.0 Å². The molecule has 1 aromatic heterocycles. The number of thioether (sulfide) groups is 1. The van der Waals surface area contributed by atoms with Gasteiger partial charge in [-0.05, 0) is 43.7 Å². The monoisotopic (exact) mass is 460 g/mol. The van der Waals surface area contributed by atoms with Crippen LogP contribution in [0.1, 0.15) is 18.3 Å². The summed E-state index contributed by atoms with van der Waals surface area (Å²) in [6, 6.07) is 11.7. The zero-order chi connectivity index (χ0) is 22.4. The molecule has 0 atom stereocenters. The normalized spacial score (nSPS) is 10.7. The number of carbonyl (C=O) groups is 1. The van der Waals surface area contributed by atoms with Crippen molar-refractivity contribution in [1.29, 1.82) is 0 Å². The van der Waals surface area contributed by atoms with Gasteiger partial charge in [0.25, 0.3) is 5.69 Å². The van der Waals surface area contributed by atoms with E-state index in [-0.39, 0.29) is 17.3 Å². The number of nitrogens with one attached hydrogen (secondary N) is 2. The third-order valence-corrected chi connectivity index (χ3v) is 5.61. The number of rotatable bonds is 9. The van der Waals surface area contributed by atoms with Crippen molar-refractivity contribution in [2.45, 2.75) is 32.1 Å². The Kier molecular flexibility index (Phi) is 7.48. The molecule has 0 fully saturated rings. The van der Waals surface area contributed by atoms with Crippen LogP contribution in [0.25, 0.3) is 0 Å². The number of carbonyl (C=O) groups excluding carboxylic acids is 1. The van der Waals surface area contributed by atoms with Crippen LogP contribution in [-0.4, -0.2) is 31.3 Å². The molecule has 31 heavy (non-hydrogen) atoms. The van der Waals surface area contributed by atoms with Crippen molar-refractivity contribution in [2.75, 3.05) is 16.4 Å².